The molecule has 4 heteroatoms. The van der Waals surface area contributed by atoms with Gasteiger partial charge < -0.3 is 5.32 Å². The van der Waals surface area contributed by atoms with E-state index in [1.165, 1.54) is 5.56 Å². The molecule has 1 N–H and O–H groups in total. The molecule has 0 radical (unpaired) electrons. The molecular formula is C10H16BrN3. The SMILES string of the molecule is C=C(Br)CNCc1cnn(C(C)C)c1. The van der Waals surface area contributed by atoms with Gasteiger partial charge in [0, 0.05) is 35.4 Å². The van der Waals surface area contributed by atoms with Crippen LogP contribution in [0, 0.1) is 0 Å². The Morgan fingerprint density at radius 2 is 2.43 bits per heavy atom. The predicted octanol–water partition coefficient (Wildman–Crippen LogP) is 2.46. The van der Waals surface area contributed by atoms with Gasteiger partial charge in [0.15, 0.2) is 0 Å². The lowest BCUT2D eigenvalue weighted by atomic mass is 10.3. The standard InChI is InChI=1S/C10H16BrN3/c1-8(2)14-7-10(6-13-14)5-12-4-9(3)11/h6-8,12H,3-5H2,1-2H3. The highest BCUT2D eigenvalue weighted by molar-refractivity contribution is 9.11. The maximum atomic E-state index is 4.26. The number of nitrogens with one attached hydrogen (secondary N) is 1. The summed E-state index contributed by atoms with van der Waals surface area (Å²) >= 11 is 3.30. The van der Waals surface area contributed by atoms with Crippen molar-refractivity contribution >= 4 is 15.9 Å². The van der Waals surface area contributed by atoms with E-state index in [4.69, 9.17) is 0 Å². The summed E-state index contributed by atoms with van der Waals surface area (Å²) in [4.78, 5) is 0. The van der Waals surface area contributed by atoms with Crippen molar-refractivity contribution in [1.29, 1.82) is 0 Å². The second-order valence-electron chi connectivity index (χ2n) is 3.54. The molecule has 0 aliphatic heterocycles. The van der Waals surface area contributed by atoms with Crippen LogP contribution in [0.15, 0.2) is 23.5 Å². The Morgan fingerprint density at radius 3 is 2.93 bits per heavy atom. The van der Waals surface area contributed by atoms with Gasteiger partial charge in [-0.3, -0.25) is 4.68 Å². The first-order chi connectivity index (χ1) is 6.59. The van der Waals surface area contributed by atoms with Crippen molar-refractivity contribution in [3.63, 3.8) is 0 Å². The van der Waals surface area contributed by atoms with Crippen LogP contribution in [0.25, 0.3) is 0 Å². The van der Waals surface area contributed by atoms with Crippen molar-refractivity contribution in [2.24, 2.45) is 0 Å². The average Bonchev–Trinajstić information content (AvgIpc) is 2.52. The molecule has 0 unspecified atom stereocenters. The van der Waals surface area contributed by atoms with Crippen LogP contribution in [0.4, 0.5) is 0 Å². The fourth-order valence-corrected chi connectivity index (χ4v) is 1.29. The van der Waals surface area contributed by atoms with Gasteiger partial charge in [0.2, 0.25) is 0 Å². The van der Waals surface area contributed by atoms with Crippen LogP contribution < -0.4 is 5.32 Å². The van der Waals surface area contributed by atoms with E-state index in [2.05, 4.69) is 53.0 Å². The molecule has 0 amide bonds. The van der Waals surface area contributed by atoms with E-state index in [1.54, 1.807) is 0 Å². The van der Waals surface area contributed by atoms with E-state index in [0.29, 0.717) is 6.04 Å². The molecule has 0 aliphatic rings. The smallest absolute Gasteiger partial charge is 0.0534 e. The number of nitrogens with zero attached hydrogens (tertiary/aromatic N) is 2. The summed E-state index contributed by atoms with van der Waals surface area (Å²) in [5.41, 5.74) is 1.20. The topological polar surface area (TPSA) is 29.9 Å². The first kappa shape index (κ1) is 11.5. The number of halogens is 1. The Bertz CT molecular complexity index is 304. The van der Waals surface area contributed by atoms with Crippen LogP contribution in [0.1, 0.15) is 25.5 Å². The summed E-state index contributed by atoms with van der Waals surface area (Å²) < 4.78 is 2.92. The van der Waals surface area contributed by atoms with Crippen molar-refractivity contribution in [1.82, 2.24) is 15.1 Å². The molecule has 1 heterocycles. The third kappa shape index (κ3) is 3.64. The lowest BCUT2D eigenvalue weighted by molar-refractivity contribution is 0.531. The molecule has 0 bridgehead atoms. The van der Waals surface area contributed by atoms with E-state index in [1.807, 2.05) is 10.9 Å². The van der Waals surface area contributed by atoms with E-state index < -0.39 is 0 Å². The summed E-state index contributed by atoms with van der Waals surface area (Å²) in [6, 6.07) is 0.426. The van der Waals surface area contributed by atoms with Gasteiger partial charge >= 0.3 is 0 Å². The van der Waals surface area contributed by atoms with Crippen LogP contribution in [-0.4, -0.2) is 16.3 Å². The Morgan fingerprint density at radius 1 is 1.71 bits per heavy atom. The van der Waals surface area contributed by atoms with E-state index in [0.717, 1.165) is 17.6 Å². The minimum Gasteiger partial charge on any atom is -0.308 e. The second kappa shape index (κ2) is 5.32. The Balaban J connectivity index is 2.40. The number of hydrogen-bond donors (Lipinski definition) is 1. The van der Waals surface area contributed by atoms with E-state index >= 15 is 0 Å². The van der Waals surface area contributed by atoms with Gasteiger partial charge in [-0.25, -0.2) is 0 Å². The molecule has 0 fully saturated rings. The Hall–Kier alpha value is -0.610. The minimum atomic E-state index is 0.426. The molecule has 0 aliphatic carbocycles. The number of rotatable bonds is 5. The number of aromatic nitrogens is 2. The summed E-state index contributed by atoms with van der Waals surface area (Å²) in [6.07, 6.45) is 3.96. The molecule has 78 valence electrons. The fraction of sp³-hybridized carbons (Fsp3) is 0.500. The van der Waals surface area contributed by atoms with Crippen LogP contribution in [0.2, 0.25) is 0 Å². The first-order valence-corrected chi connectivity index (χ1v) is 5.46. The monoisotopic (exact) mass is 257 g/mol. The quantitative estimate of drug-likeness (QED) is 0.879. The van der Waals surface area contributed by atoms with Crippen molar-refractivity contribution in [2.45, 2.75) is 26.4 Å². The van der Waals surface area contributed by atoms with Crippen molar-refractivity contribution in [3.8, 4) is 0 Å². The van der Waals surface area contributed by atoms with Gasteiger partial charge in [0.05, 0.1) is 6.20 Å². The fourth-order valence-electron chi connectivity index (χ4n) is 1.09. The molecule has 0 atom stereocenters. The summed E-state index contributed by atoms with van der Waals surface area (Å²) in [5.74, 6) is 0. The zero-order chi connectivity index (χ0) is 10.6. The molecule has 1 aromatic heterocycles. The molecular weight excluding hydrogens is 242 g/mol. The number of hydrogen-bond acceptors (Lipinski definition) is 2. The van der Waals surface area contributed by atoms with Crippen LogP contribution in [0.5, 0.6) is 0 Å². The van der Waals surface area contributed by atoms with Gasteiger partial charge in [-0.2, -0.15) is 5.10 Å². The normalized spacial score (nSPS) is 10.9. The molecule has 1 aromatic rings. The van der Waals surface area contributed by atoms with E-state index in [9.17, 15) is 0 Å². The Labute approximate surface area is 93.3 Å². The van der Waals surface area contributed by atoms with Crippen molar-refractivity contribution < 1.29 is 0 Å². The third-order valence-electron chi connectivity index (χ3n) is 1.83. The van der Waals surface area contributed by atoms with Crippen molar-refractivity contribution in [3.05, 3.63) is 29.0 Å². The highest BCUT2D eigenvalue weighted by Gasteiger charge is 2.00. The highest BCUT2D eigenvalue weighted by atomic mass is 79.9. The lowest BCUT2D eigenvalue weighted by Gasteiger charge is -2.03. The zero-order valence-corrected chi connectivity index (χ0v) is 10.2. The van der Waals surface area contributed by atoms with E-state index in [-0.39, 0.29) is 0 Å². The molecule has 0 aromatic carbocycles. The second-order valence-corrected chi connectivity index (χ2v) is 4.66. The van der Waals surface area contributed by atoms with Gasteiger partial charge in [0.25, 0.3) is 0 Å². The molecule has 0 spiro atoms. The van der Waals surface area contributed by atoms with Crippen LogP contribution >= 0.6 is 15.9 Å². The Kier molecular flexibility index (Phi) is 4.35. The summed E-state index contributed by atoms with van der Waals surface area (Å²) in [5, 5.41) is 7.51. The van der Waals surface area contributed by atoms with Gasteiger partial charge in [0.1, 0.15) is 0 Å². The zero-order valence-electron chi connectivity index (χ0n) is 8.63. The molecule has 0 saturated heterocycles. The lowest BCUT2D eigenvalue weighted by Crippen LogP contribution is -2.13. The minimum absolute atomic E-state index is 0.426. The van der Waals surface area contributed by atoms with Gasteiger partial charge in [-0.05, 0) is 13.8 Å². The van der Waals surface area contributed by atoms with Crippen LogP contribution in [0.3, 0.4) is 0 Å². The van der Waals surface area contributed by atoms with Gasteiger partial charge in [-0.1, -0.05) is 22.5 Å². The maximum absolute atomic E-state index is 4.26. The molecule has 3 nitrogen and oxygen atoms in total. The van der Waals surface area contributed by atoms with Gasteiger partial charge in [-0.15, -0.1) is 0 Å². The average molecular weight is 258 g/mol. The summed E-state index contributed by atoms with van der Waals surface area (Å²) in [6.45, 7) is 9.60. The molecule has 14 heavy (non-hydrogen) atoms. The largest absolute Gasteiger partial charge is 0.308 e. The predicted molar refractivity (Wildman–Crippen MR) is 62.4 cm³/mol. The third-order valence-corrected chi connectivity index (χ3v) is 2.11. The molecule has 0 saturated carbocycles. The highest BCUT2D eigenvalue weighted by Crippen LogP contribution is 2.05. The first-order valence-electron chi connectivity index (χ1n) is 4.66. The van der Waals surface area contributed by atoms with Crippen molar-refractivity contribution in [2.75, 3.05) is 6.54 Å². The summed E-state index contributed by atoms with van der Waals surface area (Å²) in [7, 11) is 0. The maximum Gasteiger partial charge on any atom is 0.0534 e. The molecule has 1 rings (SSSR count). The van der Waals surface area contributed by atoms with Crippen LogP contribution in [-0.2, 0) is 6.54 Å².